The van der Waals surface area contributed by atoms with E-state index < -0.39 is 15.3 Å². The van der Waals surface area contributed by atoms with Crippen LogP contribution in [0.2, 0.25) is 0 Å². The van der Waals surface area contributed by atoms with Gasteiger partial charge in [0.2, 0.25) is 10.0 Å². The SMILES string of the molecule is CC(CN)S(=O)(=O)NCc1ccon1. The van der Waals surface area contributed by atoms with Gasteiger partial charge in [-0.05, 0) is 6.92 Å². The molecule has 1 aromatic heterocycles. The third-order valence-electron chi connectivity index (χ3n) is 1.81. The Morgan fingerprint density at radius 2 is 2.43 bits per heavy atom. The van der Waals surface area contributed by atoms with Crippen LogP contribution >= 0.6 is 0 Å². The number of hydrogen-bond acceptors (Lipinski definition) is 5. The maximum atomic E-state index is 11.4. The van der Waals surface area contributed by atoms with Crippen molar-refractivity contribution in [3.05, 3.63) is 18.0 Å². The summed E-state index contributed by atoms with van der Waals surface area (Å²) in [5, 5.41) is 2.97. The smallest absolute Gasteiger partial charge is 0.215 e. The summed E-state index contributed by atoms with van der Waals surface area (Å²) in [4.78, 5) is 0. The molecule has 0 amide bonds. The van der Waals surface area contributed by atoms with Crippen molar-refractivity contribution in [2.75, 3.05) is 6.54 Å². The summed E-state index contributed by atoms with van der Waals surface area (Å²) in [6.07, 6.45) is 1.38. The third kappa shape index (κ3) is 2.79. The van der Waals surface area contributed by atoms with Gasteiger partial charge in [-0.3, -0.25) is 0 Å². The minimum Gasteiger partial charge on any atom is -0.364 e. The fourth-order valence-corrected chi connectivity index (χ4v) is 1.66. The fourth-order valence-electron chi connectivity index (χ4n) is 0.772. The Hall–Kier alpha value is -0.920. The number of sulfonamides is 1. The molecule has 0 bridgehead atoms. The highest BCUT2D eigenvalue weighted by Crippen LogP contribution is 1.99. The summed E-state index contributed by atoms with van der Waals surface area (Å²) in [6.45, 7) is 1.77. The Morgan fingerprint density at radius 1 is 1.71 bits per heavy atom. The Balaban J connectivity index is 2.53. The molecule has 1 rings (SSSR count). The fraction of sp³-hybridized carbons (Fsp3) is 0.571. The van der Waals surface area contributed by atoms with Gasteiger partial charge < -0.3 is 10.3 Å². The first-order valence-electron chi connectivity index (χ1n) is 4.14. The van der Waals surface area contributed by atoms with E-state index in [0.717, 1.165) is 0 Å². The van der Waals surface area contributed by atoms with Crippen LogP contribution in [0.3, 0.4) is 0 Å². The lowest BCUT2D eigenvalue weighted by molar-refractivity contribution is 0.410. The van der Waals surface area contributed by atoms with Crippen LogP contribution in [-0.4, -0.2) is 25.4 Å². The second-order valence-electron chi connectivity index (χ2n) is 2.90. The van der Waals surface area contributed by atoms with Crippen molar-refractivity contribution in [3.8, 4) is 0 Å². The highest BCUT2D eigenvalue weighted by atomic mass is 32.2. The van der Waals surface area contributed by atoms with Gasteiger partial charge in [-0.25, -0.2) is 13.1 Å². The monoisotopic (exact) mass is 219 g/mol. The summed E-state index contributed by atoms with van der Waals surface area (Å²) >= 11 is 0. The minimum atomic E-state index is -3.34. The molecule has 1 heterocycles. The second-order valence-corrected chi connectivity index (χ2v) is 5.09. The van der Waals surface area contributed by atoms with Crippen molar-refractivity contribution in [2.24, 2.45) is 5.73 Å². The van der Waals surface area contributed by atoms with E-state index >= 15 is 0 Å². The van der Waals surface area contributed by atoms with Crippen LogP contribution in [0, 0.1) is 0 Å². The summed E-state index contributed by atoms with van der Waals surface area (Å²) < 4.78 is 29.8. The molecule has 1 aromatic rings. The van der Waals surface area contributed by atoms with E-state index in [9.17, 15) is 8.42 Å². The predicted octanol–water partition coefficient (Wildman–Crippen LogP) is -0.559. The predicted molar refractivity (Wildman–Crippen MR) is 50.8 cm³/mol. The van der Waals surface area contributed by atoms with Gasteiger partial charge in [-0.1, -0.05) is 5.16 Å². The van der Waals surface area contributed by atoms with Crippen LogP contribution in [0.4, 0.5) is 0 Å². The average Bonchev–Trinajstić information content (AvgIpc) is 2.66. The molecule has 7 heteroatoms. The maximum Gasteiger partial charge on any atom is 0.215 e. The highest BCUT2D eigenvalue weighted by Gasteiger charge is 2.18. The lowest BCUT2D eigenvalue weighted by atomic mass is 10.4. The van der Waals surface area contributed by atoms with Crippen molar-refractivity contribution in [3.63, 3.8) is 0 Å². The van der Waals surface area contributed by atoms with Gasteiger partial charge in [0.25, 0.3) is 0 Å². The van der Waals surface area contributed by atoms with Gasteiger partial charge in [0, 0.05) is 12.6 Å². The zero-order chi connectivity index (χ0) is 10.6. The van der Waals surface area contributed by atoms with E-state index in [1.165, 1.54) is 6.26 Å². The van der Waals surface area contributed by atoms with E-state index in [1.807, 2.05) is 0 Å². The normalized spacial score (nSPS) is 14.1. The molecule has 3 N–H and O–H groups in total. The Morgan fingerprint density at radius 3 is 2.93 bits per heavy atom. The molecule has 14 heavy (non-hydrogen) atoms. The van der Waals surface area contributed by atoms with Crippen LogP contribution < -0.4 is 10.5 Å². The van der Waals surface area contributed by atoms with Crippen molar-refractivity contribution in [1.82, 2.24) is 9.88 Å². The van der Waals surface area contributed by atoms with Crippen molar-refractivity contribution < 1.29 is 12.9 Å². The zero-order valence-electron chi connectivity index (χ0n) is 7.80. The first-order valence-corrected chi connectivity index (χ1v) is 5.68. The number of nitrogens with two attached hydrogens (primary N) is 1. The quantitative estimate of drug-likeness (QED) is 0.691. The van der Waals surface area contributed by atoms with Crippen LogP contribution in [-0.2, 0) is 16.6 Å². The first-order chi connectivity index (χ1) is 6.56. The van der Waals surface area contributed by atoms with E-state index in [-0.39, 0.29) is 13.1 Å². The van der Waals surface area contributed by atoms with E-state index in [4.69, 9.17) is 5.73 Å². The van der Waals surface area contributed by atoms with Gasteiger partial charge in [-0.15, -0.1) is 0 Å². The minimum absolute atomic E-state index is 0.0914. The van der Waals surface area contributed by atoms with Gasteiger partial charge in [-0.2, -0.15) is 0 Å². The van der Waals surface area contributed by atoms with E-state index in [1.54, 1.807) is 13.0 Å². The van der Waals surface area contributed by atoms with Crippen LogP contribution in [0.1, 0.15) is 12.6 Å². The summed E-state index contributed by atoms with van der Waals surface area (Å²) in [5.74, 6) is 0. The molecule has 1 atom stereocenters. The average molecular weight is 219 g/mol. The lowest BCUT2D eigenvalue weighted by Crippen LogP contribution is -2.36. The molecular weight excluding hydrogens is 206 g/mol. The number of nitrogens with one attached hydrogen (secondary N) is 1. The number of rotatable bonds is 5. The molecule has 0 aromatic carbocycles. The van der Waals surface area contributed by atoms with E-state index in [2.05, 4.69) is 14.4 Å². The largest absolute Gasteiger partial charge is 0.364 e. The summed E-state index contributed by atoms with van der Waals surface area (Å²) in [7, 11) is -3.34. The van der Waals surface area contributed by atoms with Gasteiger partial charge in [0.1, 0.15) is 6.26 Å². The second kappa shape index (κ2) is 4.54. The van der Waals surface area contributed by atoms with Crippen LogP contribution in [0.25, 0.3) is 0 Å². The lowest BCUT2D eigenvalue weighted by Gasteiger charge is -2.10. The Kier molecular flexibility index (Phi) is 3.62. The molecule has 0 saturated heterocycles. The molecule has 0 aliphatic rings. The number of nitrogens with zero attached hydrogens (tertiary/aromatic N) is 1. The number of hydrogen-bond donors (Lipinski definition) is 2. The molecule has 6 nitrogen and oxygen atoms in total. The Bertz CT molecular complexity index is 360. The summed E-state index contributed by atoms with van der Waals surface area (Å²) in [5.41, 5.74) is 5.79. The Labute approximate surface area is 82.5 Å². The molecule has 0 fully saturated rings. The molecule has 0 saturated carbocycles. The van der Waals surface area contributed by atoms with Crippen LogP contribution in [0.5, 0.6) is 0 Å². The highest BCUT2D eigenvalue weighted by molar-refractivity contribution is 7.90. The molecule has 0 aliphatic heterocycles. The molecule has 1 unspecified atom stereocenters. The first kappa shape index (κ1) is 11.2. The van der Waals surface area contributed by atoms with Gasteiger partial charge in [0.15, 0.2) is 0 Å². The van der Waals surface area contributed by atoms with Crippen molar-refractivity contribution in [1.29, 1.82) is 0 Å². The zero-order valence-corrected chi connectivity index (χ0v) is 8.62. The van der Waals surface area contributed by atoms with Gasteiger partial charge >= 0.3 is 0 Å². The topological polar surface area (TPSA) is 98.2 Å². The van der Waals surface area contributed by atoms with E-state index in [0.29, 0.717) is 5.69 Å². The van der Waals surface area contributed by atoms with Crippen molar-refractivity contribution in [2.45, 2.75) is 18.7 Å². The molecule has 0 radical (unpaired) electrons. The summed E-state index contributed by atoms with van der Waals surface area (Å²) in [6, 6.07) is 1.59. The molecular formula is C7H13N3O3S. The molecule has 0 spiro atoms. The third-order valence-corrected chi connectivity index (χ3v) is 3.61. The maximum absolute atomic E-state index is 11.4. The molecule has 80 valence electrons. The standard InChI is InChI=1S/C7H13N3O3S/c1-6(4-8)14(11,12)9-5-7-2-3-13-10-7/h2-3,6,9H,4-5,8H2,1H3. The number of aromatic nitrogens is 1. The van der Waals surface area contributed by atoms with Crippen molar-refractivity contribution >= 4 is 10.0 Å². The van der Waals surface area contributed by atoms with Gasteiger partial charge in [0.05, 0.1) is 17.5 Å². The van der Waals surface area contributed by atoms with Crippen LogP contribution in [0.15, 0.2) is 16.9 Å². The molecule has 0 aliphatic carbocycles.